The lowest BCUT2D eigenvalue weighted by Gasteiger charge is -2.11. The van der Waals surface area contributed by atoms with Crippen LogP contribution in [0.15, 0.2) is 48.5 Å². The summed E-state index contributed by atoms with van der Waals surface area (Å²) in [6.45, 7) is 2.56. The van der Waals surface area contributed by atoms with E-state index in [0.29, 0.717) is 17.9 Å². The Hall–Kier alpha value is -3.15. The number of amides is 1. The molecular formula is C23H26NO5-. The fourth-order valence-electron chi connectivity index (χ4n) is 2.88. The summed E-state index contributed by atoms with van der Waals surface area (Å²) in [6.07, 6.45) is 6.70. The van der Waals surface area contributed by atoms with Crippen molar-refractivity contribution < 1.29 is 24.2 Å². The Morgan fingerprint density at radius 3 is 2.14 bits per heavy atom. The quantitative estimate of drug-likeness (QED) is 0.460. The Morgan fingerprint density at radius 2 is 1.48 bits per heavy atom. The molecule has 0 saturated heterocycles. The van der Waals surface area contributed by atoms with E-state index < -0.39 is 17.8 Å². The molecule has 0 spiro atoms. The summed E-state index contributed by atoms with van der Waals surface area (Å²) in [4.78, 5) is 35.5. The highest BCUT2D eigenvalue weighted by molar-refractivity contribution is 6.10. The Labute approximate surface area is 170 Å². The lowest BCUT2D eigenvalue weighted by Crippen LogP contribution is -2.26. The van der Waals surface area contributed by atoms with Crippen LogP contribution in [0, 0.1) is 0 Å². The van der Waals surface area contributed by atoms with Gasteiger partial charge in [-0.05, 0) is 36.8 Å². The second-order valence-corrected chi connectivity index (χ2v) is 6.77. The molecule has 0 aliphatic heterocycles. The van der Waals surface area contributed by atoms with Crippen LogP contribution in [0.4, 0.5) is 5.69 Å². The first kappa shape index (κ1) is 22.1. The summed E-state index contributed by atoms with van der Waals surface area (Å²) >= 11 is 0. The molecule has 1 amide bonds. The first-order valence-corrected chi connectivity index (χ1v) is 9.92. The number of aromatic carboxylic acids is 1. The van der Waals surface area contributed by atoms with E-state index in [0.717, 1.165) is 19.3 Å². The molecule has 2 aromatic rings. The Balaban J connectivity index is 1.84. The highest BCUT2D eigenvalue weighted by atomic mass is 16.5. The minimum atomic E-state index is -1.42. The van der Waals surface area contributed by atoms with Gasteiger partial charge in [0.25, 0.3) is 5.91 Å². The largest absolute Gasteiger partial charge is 0.545 e. The van der Waals surface area contributed by atoms with Gasteiger partial charge in [0.1, 0.15) is 0 Å². The maximum Gasteiger partial charge on any atom is 0.338 e. The lowest BCUT2D eigenvalue weighted by atomic mass is 10.1. The average Bonchev–Trinajstić information content (AvgIpc) is 2.73. The molecule has 0 aliphatic carbocycles. The van der Waals surface area contributed by atoms with Gasteiger partial charge in [-0.2, -0.15) is 0 Å². The number of hydrogen-bond donors (Lipinski definition) is 1. The lowest BCUT2D eigenvalue weighted by molar-refractivity contribution is -0.255. The smallest absolute Gasteiger partial charge is 0.338 e. The summed E-state index contributed by atoms with van der Waals surface area (Å²) in [5, 5.41) is 13.7. The summed E-state index contributed by atoms with van der Waals surface area (Å²) in [6, 6.07) is 12.1. The van der Waals surface area contributed by atoms with Crippen molar-refractivity contribution in [2.75, 3.05) is 11.9 Å². The molecule has 0 aliphatic rings. The number of carboxylic acid groups (broad SMARTS) is 1. The predicted molar refractivity (Wildman–Crippen MR) is 109 cm³/mol. The van der Waals surface area contributed by atoms with Crippen LogP contribution < -0.4 is 10.4 Å². The predicted octanol–water partition coefficient (Wildman–Crippen LogP) is 3.82. The second-order valence-electron chi connectivity index (χ2n) is 6.77. The molecule has 0 aromatic heterocycles. The van der Waals surface area contributed by atoms with Crippen LogP contribution in [-0.2, 0) is 4.74 Å². The van der Waals surface area contributed by atoms with Crippen molar-refractivity contribution >= 4 is 23.5 Å². The monoisotopic (exact) mass is 396 g/mol. The molecule has 2 aromatic carbocycles. The molecule has 6 heteroatoms. The molecule has 0 atom stereocenters. The highest BCUT2D eigenvalue weighted by Gasteiger charge is 2.12. The van der Waals surface area contributed by atoms with E-state index in [-0.39, 0.29) is 11.1 Å². The van der Waals surface area contributed by atoms with Crippen LogP contribution in [0.3, 0.4) is 0 Å². The standard InChI is InChI=1S/C23H27NO5/c1-2-3-4-5-6-9-16-29-23(28)17-12-14-18(15-13-17)24-21(25)19-10-7-8-11-20(19)22(26)27/h7-8,10-15H,2-6,9,16H2,1H3,(H,24,25)(H,26,27)/p-1. The Bertz CT molecular complexity index is 829. The van der Waals surface area contributed by atoms with Crippen molar-refractivity contribution in [1.29, 1.82) is 0 Å². The van der Waals surface area contributed by atoms with Crippen molar-refractivity contribution in [1.82, 2.24) is 0 Å². The van der Waals surface area contributed by atoms with Gasteiger partial charge in [-0.3, -0.25) is 4.79 Å². The topological polar surface area (TPSA) is 95.5 Å². The van der Waals surface area contributed by atoms with Gasteiger partial charge in [0.2, 0.25) is 0 Å². The molecule has 1 N–H and O–H groups in total. The van der Waals surface area contributed by atoms with Crippen LogP contribution in [0.25, 0.3) is 0 Å². The van der Waals surface area contributed by atoms with Gasteiger partial charge in [-0.15, -0.1) is 0 Å². The molecule has 0 heterocycles. The SMILES string of the molecule is CCCCCCCCOC(=O)c1ccc(NC(=O)c2ccccc2C(=O)[O-])cc1. The van der Waals surface area contributed by atoms with E-state index in [4.69, 9.17) is 4.74 Å². The summed E-state index contributed by atoms with van der Waals surface area (Å²) < 4.78 is 5.27. The molecule has 0 bridgehead atoms. The van der Waals surface area contributed by atoms with Gasteiger partial charge in [0.15, 0.2) is 0 Å². The molecule has 0 fully saturated rings. The number of anilines is 1. The van der Waals surface area contributed by atoms with E-state index >= 15 is 0 Å². The van der Waals surface area contributed by atoms with E-state index in [1.54, 1.807) is 30.3 Å². The van der Waals surface area contributed by atoms with Gasteiger partial charge < -0.3 is 20.0 Å². The molecule has 0 saturated carbocycles. The van der Waals surface area contributed by atoms with Crippen molar-refractivity contribution in [3.63, 3.8) is 0 Å². The maximum absolute atomic E-state index is 12.3. The van der Waals surface area contributed by atoms with Gasteiger partial charge in [0, 0.05) is 16.8 Å². The number of carbonyl (C=O) groups excluding carboxylic acids is 3. The number of carbonyl (C=O) groups is 3. The van der Waals surface area contributed by atoms with Crippen molar-refractivity contribution in [2.24, 2.45) is 0 Å². The zero-order valence-electron chi connectivity index (χ0n) is 16.6. The normalized spacial score (nSPS) is 10.4. The first-order chi connectivity index (χ1) is 14.0. The minimum absolute atomic E-state index is 0.00919. The molecule has 0 radical (unpaired) electrons. The number of carboxylic acids is 1. The fraction of sp³-hybridized carbons (Fsp3) is 0.348. The van der Waals surface area contributed by atoms with Crippen LogP contribution in [-0.4, -0.2) is 24.5 Å². The maximum atomic E-state index is 12.3. The van der Waals surface area contributed by atoms with Crippen molar-refractivity contribution in [2.45, 2.75) is 45.4 Å². The van der Waals surface area contributed by atoms with E-state index in [1.807, 2.05) is 0 Å². The van der Waals surface area contributed by atoms with Gasteiger partial charge in [-0.25, -0.2) is 4.79 Å². The molecule has 0 unspecified atom stereocenters. The third kappa shape index (κ3) is 7.07. The van der Waals surface area contributed by atoms with Crippen molar-refractivity contribution in [3.05, 3.63) is 65.2 Å². The summed E-state index contributed by atoms with van der Waals surface area (Å²) in [7, 11) is 0. The number of esters is 1. The molecule has 154 valence electrons. The summed E-state index contributed by atoms with van der Waals surface area (Å²) in [5.74, 6) is -2.39. The van der Waals surface area contributed by atoms with Gasteiger partial charge in [-0.1, -0.05) is 57.2 Å². The van der Waals surface area contributed by atoms with Crippen LogP contribution in [0.1, 0.15) is 76.5 Å². The number of benzene rings is 2. The number of rotatable bonds is 11. The minimum Gasteiger partial charge on any atom is -0.545 e. The van der Waals surface area contributed by atoms with E-state index in [1.165, 1.54) is 37.5 Å². The number of ether oxygens (including phenoxy) is 1. The van der Waals surface area contributed by atoms with Crippen LogP contribution in [0.2, 0.25) is 0 Å². The van der Waals surface area contributed by atoms with Crippen LogP contribution >= 0.6 is 0 Å². The molecule has 6 nitrogen and oxygen atoms in total. The zero-order valence-corrected chi connectivity index (χ0v) is 16.6. The van der Waals surface area contributed by atoms with E-state index in [2.05, 4.69) is 12.2 Å². The number of unbranched alkanes of at least 4 members (excludes halogenated alkanes) is 5. The fourth-order valence-corrected chi connectivity index (χ4v) is 2.88. The Kier molecular flexibility index (Phi) is 8.89. The third-order valence-electron chi connectivity index (χ3n) is 4.50. The Morgan fingerprint density at radius 1 is 0.862 bits per heavy atom. The van der Waals surface area contributed by atoms with Gasteiger partial charge in [0.05, 0.1) is 18.1 Å². The molecular weight excluding hydrogens is 370 g/mol. The highest BCUT2D eigenvalue weighted by Crippen LogP contribution is 2.15. The third-order valence-corrected chi connectivity index (χ3v) is 4.50. The summed E-state index contributed by atoms with van der Waals surface area (Å²) in [5.41, 5.74) is 0.662. The van der Waals surface area contributed by atoms with Crippen molar-refractivity contribution in [3.8, 4) is 0 Å². The molecule has 2 rings (SSSR count). The number of nitrogens with one attached hydrogen (secondary N) is 1. The molecule has 29 heavy (non-hydrogen) atoms. The second kappa shape index (κ2) is 11.6. The van der Waals surface area contributed by atoms with Crippen LogP contribution in [0.5, 0.6) is 0 Å². The van der Waals surface area contributed by atoms with E-state index in [9.17, 15) is 19.5 Å². The first-order valence-electron chi connectivity index (χ1n) is 9.92. The van der Waals surface area contributed by atoms with Gasteiger partial charge >= 0.3 is 5.97 Å². The zero-order chi connectivity index (χ0) is 21.1. The average molecular weight is 396 g/mol. The number of hydrogen-bond acceptors (Lipinski definition) is 5.